The molecule has 23 heavy (non-hydrogen) atoms. The molecular weight excluding hydrogens is 296 g/mol. The predicted octanol–water partition coefficient (Wildman–Crippen LogP) is 2.23. The summed E-state index contributed by atoms with van der Waals surface area (Å²) >= 11 is 0. The number of amides is 3. The lowest BCUT2D eigenvalue weighted by molar-refractivity contribution is -0.144. The molecule has 2 aliphatic rings. The Labute approximate surface area is 134 Å². The number of carboxylic acid groups (broad SMARTS) is 1. The van der Waals surface area contributed by atoms with Gasteiger partial charge in [-0.2, -0.15) is 0 Å². The highest BCUT2D eigenvalue weighted by Gasteiger charge is 2.45. The lowest BCUT2D eigenvalue weighted by Gasteiger charge is -2.41. The van der Waals surface area contributed by atoms with E-state index in [2.05, 4.69) is 5.32 Å². The number of benzene rings is 1. The molecule has 6 nitrogen and oxygen atoms in total. The Morgan fingerprint density at radius 2 is 1.83 bits per heavy atom. The lowest BCUT2D eigenvalue weighted by atomic mass is 9.76. The zero-order valence-corrected chi connectivity index (χ0v) is 13.2. The fraction of sp³-hybridized carbons (Fsp3) is 0.471. The van der Waals surface area contributed by atoms with Crippen LogP contribution < -0.4 is 10.2 Å². The Bertz CT molecular complexity index is 665. The highest BCUT2D eigenvalue weighted by Crippen LogP contribution is 2.35. The van der Waals surface area contributed by atoms with Crippen LogP contribution in [0.5, 0.6) is 0 Å². The third kappa shape index (κ3) is 2.81. The van der Waals surface area contributed by atoms with Gasteiger partial charge < -0.3 is 10.4 Å². The van der Waals surface area contributed by atoms with Crippen LogP contribution in [0.15, 0.2) is 18.2 Å². The molecule has 2 N–H and O–H groups in total. The van der Waals surface area contributed by atoms with E-state index < -0.39 is 17.9 Å². The standard InChI is InChI=1S/C17H20N2O4/c1-9-5-10(2)7-12(6-9)19-15(20)13-4-3-11(16(21)22)8-14(13)18-17(19)23/h5-7,11,13-14H,3-4,8H2,1-2H3,(H,18,23)(H,21,22). The predicted molar refractivity (Wildman–Crippen MR) is 84.2 cm³/mol. The average molecular weight is 316 g/mol. The number of imide groups is 1. The summed E-state index contributed by atoms with van der Waals surface area (Å²) in [6.45, 7) is 3.84. The van der Waals surface area contributed by atoms with E-state index in [0.717, 1.165) is 11.1 Å². The Balaban J connectivity index is 1.87. The Morgan fingerprint density at radius 3 is 2.43 bits per heavy atom. The molecule has 0 spiro atoms. The molecule has 1 saturated heterocycles. The van der Waals surface area contributed by atoms with E-state index in [1.165, 1.54) is 4.90 Å². The van der Waals surface area contributed by atoms with Crippen LogP contribution in [0.4, 0.5) is 10.5 Å². The van der Waals surface area contributed by atoms with Crippen LogP contribution in [-0.2, 0) is 9.59 Å². The first-order valence-corrected chi connectivity index (χ1v) is 7.82. The van der Waals surface area contributed by atoms with Crippen LogP contribution in [0, 0.1) is 25.7 Å². The number of carboxylic acids is 1. The van der Waals surface area contributed by atoms with Gasteiger partial charge >= 0.3 is 12.0 Å². The van der Waals surface area contributed by atoms with E-state index in [-0.39, 0.29) is 17.9 Å². The third-order valence-corrected chi connectivity index (χ3v) is 4.71. The van der Waals surface area contributed by atoms with Crippen molar-refractivity contribution >= 4 is 23.6 Å². The molecule has 2 fully saturated rings. The van der Waals surface area contributed by atoms with Gasteiger partial charge in [-0.25, -0.2) is 9.69 Å². The SMILES string of the molecule is Cc1cc(C)cc(N2C(=O)NC3CC(C(=O)O)CCC3C2=O)c1. The molecule has 122 valence electrons. The molecule has 3 rings (SSSR count). The van der Waals surface area contributed by atoms with Crippen molar-refractivity contribution in [3.8, 4) is 0 Å². The van der Waals surface area contributed by atoms with Gasteiger partial charge in [-0.15, -0.1) is 0 Å². The van der Waals surface area contributed by atoms with Gasteiger partial charge in [-0.3, -0.25) is 9.59 Å². The summed E-state index contributed by atoms with van der Waals surface area (Å²) in [6.07, 6.45) is 1.28. The molecule has 1 aliphatic carbocycles. The van der Waals surface area contributed by atoms with Crippen molar-refractivity contribution < 1.29 is 19.5 Å². The first-order valence-electron chi connectivity index (χ1n) is 7.82. The van der Waals surface area contributed by atoms with Crippen molar-refractivity contribution in [2.75, 3.05) is 4.90 Å². The maximum absolute atomic E-state index is 12.8. The molecular formula is C17H20N2O4. The van der Waals surface area contributed by atoms with E-state index in [1.807, 2.05) is 32.0 Å². The Morgan fingerprint density at radius 1 is 1.17 bits per heavy atom. The normalized spacial score (nSPS) is 27.4. The average Bonchev–Trinajstić information content (AvgIpc) is 2.45. The monoisotopic (exact) mass is 316 g/mol. The molecule has 1 saturated carbocycles. The minimum absolute atomic E-state index is 0.229. The van der Waals surface area contributed by atoms with Crippen molar-refractivity contribution in [1.29, 1.82) is 0 Å². The number of urea groups is 1. The number of hydrogen-bond donors (Lipinski definition) is 2. The van der Waals surface area contributed by atoms with Crippen molar-refractivity contribution in [3.05, 3.63) is 29.3 Å². The highest BCUT2D eigenvalue weighted by molar-refractivity contribution is 6.17. The number of aryl methyl sites for hydroxylation is 2. The van der Waals surface area contributed by atoms with Crippen molar-refractivity contribution in [2.24, 2.45) is 11.8 Å². The van der Waals surface area contributed by atoms with Gasteiger partial charge in [0.2, 0.25) is 5.91 Å². The molecule has 3 amide bonds. The van der Waals surface area contributed by atoms with Crippen LogP contribution in [-0.4, -0.2) is 29.1 Å². The van der Waals surface area contributed by atoms with Crippen LogP contribution in [0.2, 0.25) is 0 Å². The summed E-state index contributed by atoms with van der Waals surface area (Å²) in [7, 11) is 0. The van der Waals surface area contributed by atoms with Crippen molar-refractivity contribution in [3.63, 3.8) is 0 Å². The fourth-order valence-electron chi connectivity index (χ4n) is 3.66. The van der Waals surface area contributed by atoms with E-state index in [9.17, 15) is 14.4 Å². The number of hydrogen-bond acceptors (Lipinski definition) is 3. The van der Waals surface area contributed by atoms with Crippen molar-refractivity contribution in [2.45, 2.75) is 39.2 Å². The van der Waals surface area contributed by atoms with E-state index >= 15 is 0 Å². The number of carbonyl (C=O) groups is 3. The molecule has 1 aromatic carbocycles. The number of nitrogens with zero attached hydrogens (tertiary/aromatic N) is 1. The first kappa shape index (κ1) is 15.5. The Hall–Kier alpha value is -2.37. The van der Waals surface area contributed by atoms with E-state index in [0.29, 0.717) is 24.9 Å². The number of aliphatic carboxylic acids is 1. The largest absolute Gasteiger partial charge is 0.481 e. The third-order valence-electron chi connectivity index (χ3n) is 4.71. The molecule has 1 aromatic rings. The number of fused-ring (bicyclic) bond motifs is 1. The number of rotatable bonds is 2. The van der Waals surface area contributed by atoms with Gasteiger partial charge in [0.05, 0.1) is 17.5 Å². The fourth-order valence-corrected chi connectivity index (χ4v) is 3.66. The zero-order chi connectivity index (χ0) is 16.7. The second kappa shape index (κ2) is 5.68. The summed E-state index contributed by atoms with van der Waals surface area (Å²) in [5, 5.41) is 12.0. The summed E-state index contributed by atoms with van der Waals surface area (Å²) in [6, 6.07) is 4.76. The van der Waals surface area contributed by atoms with Crippen LogP contribution >= 0.6 is 0 Å². The molecule has 0 aromatic heterocycles. The van der Waals surface area contributed by atoms with Crippen LogP contribution in [0.3, 0.4) is 0 Å². The molecule has 1 aliphatic heterocycles. The lowest BCUT2D eigenvalue weighted by Crippen LogP contribution is -2.62. The van der Waals surface area contributed by atoms with Gasteiger partial charge in [-0.1, -0.05) is 6.07 Å². The molecule has 1 heterocycles. The zero-order valence-electron chi connectivity index (χ0n) is 13.2. The molecule has 0 radical (unpaired) electrons. The number of nitrogens with one attached hydrogen (secondary N) is 1. The molecule has 6 heteroatoms. The minimum atomic E-state index is -0.859. The van der Waals surface area contributed by atoms with Gasteiger partial charge in [0.25, 0.3) is 0 Å². The van der Waals surface area contributed by atoms with Gasteiger partial charge in [0.1, 0.15) is 0 Å². The number of anilines is 1. The van der Waals surface area contributed by atoms with Gasteiger partial charge in [-0.05, 0) is 56.4 Å². The molecule has 3 unspecified atom stereocenters. The van der Waals surface area contributed by atoms with E-state index in [4.69, 9.17) is 5.11 Å². The van der Waals surface area contributed by atoms with Crippen LogP contribution in [0.1, 0.15) is 30.4 Å². The highest BCUT2D eigenvalue weighted by atomic mass is 16.4. The Kier molecular flexibility index (Phi) is 3.83. The van der Waals surface area contributed by atoms with Crippen LogP contribution in [0.25, 0.3) is 0 Å². The summed E-state index contributed by atoms with van der Waals surface area (Å²) in [4.78, 5) is 37.5. The molecule has 0 bridgehead atoms. The van der Waals surface area contributed by atoms with E-state index in [1.54, 1.807) is 0 Å². The maximum Gasteiger partial charge on any atom is 0.328 e. The topological polar surface area (TPSA) is 86.7 Å². The van der Waals surface area contributed by atoms with Crippen molar-refractivity contribution in [1.82, 2.24) is 5.32 Å². The summed E-state index contributed by atoms with van der Waals surface area (Å²) in [5.74, 6) is -1.92. The second-order valence-electron chi connectivity index (χ2n) is 6.53. The molecule has 3 atom stereocenters. The number of carbonyl (C=O) groups excluding carboxylic acids is 2. The first-order chi connectivity index (χ1) is 10.9. The van der Waals surface area contributed by atoms with Gasteiger partial charge in [0, 0.05) is 6.04 Å². The second-order valence-corrected chi connectivity index (χ2v) is 6.53. The summed E-state index contributed by atoms with van der Waals surface area (Å²) in [5.41, 5.74) is 2.54. The smallest absolute Gasteiger partial charge is 0.328 e. The minimum Gasteiger partial charge on any atom is -0.481 e. The summed E-state index contributed by atoms with van der Waals surface area (Å²) < 4.78 is 0. The van der Waals surface area contributed by atoms with Gasteiger partial charge in [0.15, 0.2) is 0 Å². The quantitative estimate of drug-likeness (QED) is 0.876. The maximum atomic E-state index is 12.8.